The molecule has 0 aromatic heterocycles. The van der Waals surface area contributed by atoms with E-state index in [1.807, 2.05) is 12.1 Å². The highest BCUT2D eigenvalue weighted by atomic mass is 16.5. The van der Waals surface area contributed by atoms with Crippen LogP contribution in [0.5, 0.6) is 11.5 Å². The highest BCUT2D eigenvalue weighted by molar-refractivity contribution is 5.40. The summed E-state index contributed by atoms with van der Waals surface area (Å²) in [5, 5.41) is 3.46. The Hall–Kier alpha value is -1.80. The fraction of sp³-hybridized carbons (Fsp3) is 0.368. The molecule has 2 nitrogen and oxygen atoms in total. The molecule has 0 unspecified atom stereocenters. The van der Waals surface area contributed by atoms with Crippen LogP contribution in [0.15, 0.2) is 42.5 Å². The Bertz CT molecular complexity index is 573. The van der Waals surface area contributed by atoms with Crippen LogP contribution in [0.3, 0.4) is 0 Å². The lowest BCUT2D eigenvalue weighted by Crippen LogP contribution is -2.18. The van der Waals surface area contributed by atoms with E-state index in [1.165, 1.54) is 16.7 Å². The average molecular weight is 283 g/mol. The molecule has 0 amide bonds. The van der Waals surface area contributed by atoms with Crippen molar-refractivity contribution in [1.29, 1.82) is 0 Å². The zero-order valence-corrected chi connectivity index (χ0v) is 13.4. The Balaban J connectivity index is 2.00. The summed E-state index contributed by atoms with van der Waals surface area (Å²) >= 11 is 0. The first kappa shape index (κ1) is 15.6. The Morgan fingerprint density at radius 3 is 2.33 bits per heavy atom. The van der Waals surface area contributed by atoms with Crippen molar-refractivity contribution >= 4 is 0 Å². The maximum atomic E-state index is 5.94. The number of hydrogen-bond donors (Lipinski definition) is 1. The minimum atomic E-state index is 0.676. The molecule has 0 atom stereocenters. The molecule has 0 aliphatic rings. The molecule has 2 aromatic rings. The molecule has 0 bridgehead atoms. The number of aryl methyl sites for hydroxylation is 2. The number of hydrogen-bond acceptors (Lipinski definition) is 2. The van der Waals surface area contributed by atoms with Crippen LogP contribution in [0.25, 0.3) is 0 Å². The smallest absolute Gasteiger partial charge is 0.130 e. The van der Waals surface area contributed by atoms with Crippen LogP contribution in [-0.4, -0.2) is 6.54 Å². The van der Waals surface area contributed by atoms with Crippen LogP contribution in [0.1, 0.15) is 30.5 Å². The molecule has 2 heteroatoms. The SMILES string of the molecule is Cc1ccc(Oc2ccc(CNCC(C)C)cc2C)cc1. The molecule has 112 valence electrons. The first-order valence-corrected chi connectivity index (χ1v) is 7.59. The second-order valence-electron chi connectivity index (χ2n) is 6.04. The van der Waals surface area contributed by atoms with Crippen LogP contribution < -0.4 is 10.1 Å². The Morgan fingerprint density at radius 2 is 1.71 bits per heavy atom. The minimum Gasteiger partial charge on any atom is -0.457 e. The number of rotatable bonds is 6. The third-order valence-corrected chi connectivity index (χ3v) is 3.37. The van der Waals surface area contributed by atoms with Gasteiger partial charge < -0.3 is 10.1 Å². The van der Waals surface area contributed by atoms with Gasteiger partial charge in [0.05, 0.1) is 0 Å². The van der Waals surface area contributed by atoms with Gasteiger partial charge in [-0.25, -0.2) is 0 Å². The van der Waals surface area contributed by atoms with Gasteiger partial charge in [-0.05, 0) is 55.6 Å². The highest BCUT2D eigenvalue weighted by Crippen LogP contribution is 2.26. The third kappa shape index (κ3) is 4.91. The predicted molar refractivity (Wildman–Crippen MR) is 89.0 cm³/mol. The van der Waals surface area contributed by atoms with E-state index >= 15 is 0 Å². The van der Waals surface area contributed by atoms with E-state index in [2.05, 4.69) is 63.3 Å². The fourth-order valence-electron chi connectivity index (χ4n) is 2.17. The van der Waals surface area contributed by atoms with E-state index in [1.54, 1.807) is 0 Å². The van der Waals surface area contributed by atoms with Crippen LogP contribution >= 0.6 is 0 Å². The van der Waals surface area contributed by atoms with Crippen molar-refractivity contribution in [2.24, 2.45) is 5.92 Å². The van der Waals surface area contributed by atoms with Gasteiger partial charge in [0.15, 0.2) is 0 Å². The van der Waals surface area contributed by atoms with Crippen molar-refractivity contribution < 1.29 is 4.74 Å². The van der Waals surface area contributed by atoms with Gasteiger partial charge in [-0.2, -0.15) is 0 Å². The van der Waals surface area contributed by atoms with E-state index in [4.69, 9.17) is 4.74 Å². The third-order valence-electron chi connectivity index (χ3n) is 3.37. The molecule has 21 heavy (non-hydrogen) atoms. The summed E-state index contributed by atoms with van der Waals surface area (Å²) in [7, 11) is 0. The van der Waals surface area contributed by atoms with Gasteiger partial charge in [0.1, 0.15) is 11.5 Å². The molecule has 0 saturated carbocycles. The zero-order chi connectivity index (χ0) is 15.2. The number of nitrogens with one attached hydrogen (secondary N) is 1. The summed E-state index contributed by atoms with van der Waals surface area (Å²) in [6.45, 7) is 10.6. The van der Waals surface area contributed by atoms with E-state index in [9.17, 15) is 0 Å². The summed E-state index contributed by atoms with van der Waals surface area (Å²) in [6.07, 6.45) is 0. The van der Waals surface area contributed by atoms with Gasteiger partial charge in [0.25, 0.3) is 0 Å². The summed E-state index contributed by atoms with van der Waals surface area (Å²) in [4.78, 5) is 0. The molecule has 1 N–H and O–H groups in total. The van der Waals surface area contributed by atoms with Crippen molar-refractivity contribution in [3.05, 3.63) is 59.2 Å². The molecule has 2 rings (SSSR count). The molecular formula is C19H25NO. The van der Waals surface area contributed by atoms with Gasteiger partial charge >= 0.3 is 0 Å². The monoisotopic (exact) mass is 283 g/mol. The molecule has 0 aliphatic heterocycles. The molecule has 0 fully saturated rings. The molecule has 0 aliphatic carbocycles. The van der Waals surface area contributed by atoms with Crippen molar-refractivity contribution in [3.8, 4) is 11.5 Å². The predicted octanol–water partition coefficient (Wildman–Crippen LogP) is 4.84. The van der Waals surface area contributed by atoms with Gasteiger partial charge in [0.2, 0.25) is 0 Å². The molecule has 0 radical (unpaired) electrons. The highest BCUT2D eigenvalue weighted by Gasteiger charge is 2.03. The number of ether oxygens (including phenoxy) is 1. The molecular weight excluding hydrogens is 258 g/mol. The largest absolute Gasteiger partial charge is 0.457 e. The van der Waals surface area contributed by atoms with E-state index < -0.39 is 0 Å². The van der Waals surface area contributed by atoms with E-state index in [-0.39, 0.29) is 0 Å². The summed E-state index contributed by atoms with van der Waals surface area (Å²) in [5.41, 5.74) is 3.70. The van der Waals surface area contributed by atoms with Gasteiger partial charge in [0, 0.05) is 6.54 Å². The molecule has 0 spiro atoms. The van der Waals surface area contributed by atoms with Gasteiger partial charge in [-0.3, -0.25) is 0 Å². The first-order valence-electron chi connectivity index (χ1n) is 7.59. The molecule has 0 heterocycles. The van der Waals surface area contributed by atoms with Gasteiger partial charge in [-0.15, -0.1) is 0 Å². The topological polar surface area (TPSA) is 21.3 Å². The number of benzene rings is 2. The summed E-state index contributed by atoms with van der Waals surface area (Å²) in [5.74, 6) is 2.48. The Kier molecular flexibility index (Phi) is 5.40. The van der Waals surface area contributed by atoms with Crippen molar-refractivity contribution in [2.45, 2.75) is 34.2 Å². The first-order chi connectivity index (χ1) is 10.0. The van der Waals surface area contributed by atoms with Crippen LogP contribution in [-0.2, 0) is 6.54 Å². The van der Waals surface area contributed by atoms with Crippen molar-refractivity contribution in [3.63, 3.8) is 0 Å². The fourth-order valence-corrected chi connectivity index (χ4v) is 2.17. The quantitative estimate of drug-likeness (QED) is 0.819. The van der Waals surface area contributed by atoms with Crippen LogP contribution in [0, 0.1) is 19.8 Å². The van der Waals surface area contributed by atoms with Crippen molar-refractivity contribution in [2.75, 3.05) is 6.54 Å². The normalized spacial score (nSPS) is 10.9. The summed E-state index contributed by atoms with van der Waals surface area (Å²) in [6, 6.07) is 14.5. The lowest BCUT2D eigenvalue weighted by molar-refractivity contribution is 0.478. The standard InChI is InChI=1S/C19H25NO/c1-14(2)12-20-13-17-7-10-19(16(4)11-17)21-18-8-5-15(3)6-9-18/h5-11,14,20H,12-13H2,1-4H3. The minimum absolute atomic E-state index is 0.676. The lowest BCUT2D eigenvalue weighted by atomic mass is 10.1. The van der Waals surface area contributed by atoms with E-state index in [0.29, 0.717) is 5.92 Å². The summed E-state index contributed by atoms with van der Waals surface area (Å²) < 4.78 is 5.94. The maximum Gasteiger partial charge on any atom is 0.130 e. The Morgan fingerprint density at radius 1 is 1.00 bits per heavy atom. The Labute approximate surface area is 128 Å². The zero-order valence-electron chi connectivity index (χ0n) is 13.4. The van der Waals surface area contributed by atoms with Crippen molar-refractivity contribution in [1.82, 2.24) is 5.32 Å². The van der Waals surface area contributed by atoms with Gasteiger partial charge in [-0.1, -0.05) is 43.7 Å². The maximum absolute atomic E-state index is 5.94. The lowest BCUT2D eigenvalue weighted by Gasteiger charge is -2.12. The average Bonchev–Trinajstić information content (AvgIpc) is 2.44. The van der Waals surface area contributed by atoms with E-state index in [0.717, 1.165) is 24.6 Å². The van der Waals surface area contributed by atoms with Crippen LogP contribution in [0.4, 0.5) is 0 Å². The second kappa shape index (κ2) is 7.28. The second-order valence-corrected chi connectivity index (χ2v) is 6.04. The molecule has 2 aromatic carbocycles. The molecule has 0 saturated heterocycles. The van der Waals surface area contributed by atoms with Crippen LogP contribution in [0.2, 0.25) is 0 Å².